The molecule has 2 aromatic rings. The molecule has 166 valence electrons. The Labute approximate surface area is 185 Å². The molecule has 0 aromatic heterocycles. The summed E-state index contributed by atoms with van der Waals surface area (Å²) >= 11 is 0. The molecule has 6 nitrogen and oxygen atoms in total. The Morgan fingerprint density at radius 2 is 1.45 bits per heavy atom. The van der Waals surface area contributed by atoms with E-state index < -0.39 is 15.3 Å². The topological polar surface area (TPSA) is 79.6 Å². The van der Waals surface area contributed by atoms with Crippen LogP contribution in [0.15, 0.2) is 61.2 Å². The molecule has 0 radical (unpaired) electrons. The van der Waals surface area contributed by atoms with Crippen LogP contribution < -0.4 is 9.47 Å². The lowest BCUT2D eigenvalue weighted by Gasteiger charge is -2.27. The summed E-state index contributed by atoms with van der Waals surface area (Å²) in [6.07, 6.45) is 3.23. The summed E-state index contributed by atoms with van der Waals surface area (Å²) in [6, 6.07) is 16.8. The molecule has 0 saturated heterocycles. The first-order valence-corrected chi connectivity index (χ1v) is 11.7. The number of benzene rings is 2. The fourth-order valence-corrected chi connectivity index (χ4v) is 5.22. The molecule has 0 N–H and O–H groups in total. The quantitative estimate of drug-likeness (QED) is 0.421. The number of hydrogen-bond acceptors (Lipinski definition) is 5. The van der Waals surface area contributed by atoms with Crippen LogP contribution in [-0.2, 0) is 23.1 Å². The Morgan fingerprint density at radius 3 is 1.84 bits per heavy atom. The molecular formula is C24H30N2O4S. The van der Waals surface area contributed by atoms with E-state index in [2.05, 4.69) is 12.6 Å². The standard InChI is InChI=1S/C24H30N2O4S/c1-4-5-7-24(8-6-17-25)31(27,28)26(18-20-9-13-22(29-2)14-10-20)19-21-11-15-23(30-3)16-12-21/h4,9-16,24H,1,5-8,18-19H2,2-3H3/t24-/m1/s1. The van der Waals surface area contributed by atoms with Gasteiger partial charge in [-0.05, 0) is 54.7 Å². The SMILES string of the molecule is C=CCC[C@H](CCC#N)S(=O)(=O)N(Cc1ccc(OC)cc1)Cc1ccc(OC)cc1. The molecule has 0 fully saturated rings. The van der Waals surface area contributed by atoms with Crippen molar-refractivity contribution < 1.29 is 17.9 Å². The van der Waals surface area contributed by atoms with Gasteiger partial charge in [0.1, 0.15) is 11.5 Å². The van der Waals surface area contributed by atoms with E-state index in [9.17, 15) is 8.42 Å². The van der Waals surface area contributed by atoms with Gasteiger partial charge in [-0.3, -0.25) is 0 Å². The smallest absolute Gasteiger partial charge is 0.217 e. The summed E-state index contributed by atoms with van der Waals surface area (Å²) in [5, 5.41) is 8.37. The van der Waals surface area contributed by atoms with Crippen molar-refractivity contribution in [3.63, 3.8) is 0 Å². The van der Waals surface area contributed by atoms with Gasteiger partial charge in [0.2, 0.25) is 10.0 Å². The maximum absolute atomic E-state index is 13.6. The second-order valence-corrected chi connectivity index (χ2v) is 9.41. The average Bonchev–Trinajstić information content (AvgIpc) is 2.79. The van der Waals surface area contributed by atoms with Crippen LogP contribution >= 0.6 is 0 Å². The van der Waals surface area contributed by atoms with Gasteiger partial charge in [0.05, 0.1) is 25.5 Å². The highest BCUT2D eigenvalue weighted by Crippen LogP contribution is 2.25. The van der Waals surface area contributed by atoms with Crippen LogP contribution in [0.4, 0.5) is 0 Å². The zero-order valence-electron chi connectivity index (χ0n) is 18.2. The van der Waals surface area contributed by atoms with E-state index >= 15 is 0 Å². The van der Waals surface area contributed by atoms with Gasteiger partial charge in [0, 0.05) is 19.5 Å². The normalized spacial score (nSPS) is 12.2. The van der Waals surface area contributed by atoms with Crippen molar-refractivity contribution in [2.45, 2.75) is 44.0 Å². The van der Waals surface area contributed by atoms with Crippen LogP contribution in [0.3, 0.4) is 0 Å². The lowest BCUT2D eigenvalue weighted by atomic mass is 10.1. The summed E-state index contributed by atoms with van der Waals surface area (Å²) in [5.41, 5.74) is 1.72. The molecule has 0 aliphatic rings. The largest absolute Gasteiger partial charge is 0.497 e. The monoisotopic (exact) mass is 442 g/mol. The molecule has 1 atom stereocenters. The van der Waals surface area contributed by atoms with Crippen molar-refractivity contribution in [2.24, 2.45) is 0 Å². The molecule has 0 unspecified atom stereocenters. The molecule has 0 amide bonds. The lowest BCUT2D eigenvalue weighted by Crippen LogP contribution is -2.38. The van der Waals surface area contributed by atoms with E-state index in [1.54, 1.807) is 20.3 Å². The minimum Gasteiger partial charge on any atom is -0.497 e. The van der Waals surface area contributed by atoms with E-state index in [0.29, 0.717) is 30.8 Å². The van der Waals surface area contributed by atoms with Crippen molar-refractivity contribution in [2.75, 3.05) is 14.2 Å². The van der Waals surface area contributed by atoms with Crippen LogP contribution in [0.25, 0.3) is 0 Å². The number of hydrogen-bond donors (Lipinski definition) is 0. The van der Waals surface area contributed by atoms with Crippen molar-refractivity contribution in [3.8, 4) is 17.6 Å². The number of rotatable bonds is 13. The Kier molecular flexibility index (Phi) is 9.57. The van der Waals surface area contributed by atoms with Crippen LogP contribution in [0, 0.1) is 11.3 Å². The van der Waals surface area contributed by atoms with Gasteiger partial charge >= 0.3 is 0 Å². The number of sulfonamides is 1. The van der Waals surface area contributed by atoms with Gasteiger partial charge in [-0.15, -0.1) is 6.58 Å². The van der Waals surface area contributed by atoms with Crippen LogP contribution in [-0.4, -0.2) is 32.2 Å². The third kappa shape index (κ3) is 7.12. The lowest BCUT2D eigenvalue weighted by molar-refractivity contribution is 0.387. The van der Waals surface area contributed by atoms with Gasteiger partial charge in [0.15, 0.2) is 0 Å². The van der Waals surface area contributed by atoms with E-state index in [-0.39, 0.29) is 19.5 Å². The fraction of sp³-hybridized carbons (Fsp3) is 0.375. The molecule has 0 heterocycles. The molecule has 2 aromatic carbocycles. The Morgan fingerprint density at radius 1 is 0.968 bits per heavy atom. The van der Waals surface area contributed by atoms with E-state index in [0.717, 1.165) is 11.1 Å². The maximum atomic E-state index is 13.6. The number of nitrogens with zero attached hydrogens (tertiary/aromatic N) is 2. The molecule has 0 saturated carbocycles. The van der Waals surface area contributed by atoms with Crippen LogP contribution in [0.5, 0.6) is 11.5 Å². The summed E-state index contributed by atoms with van der Waals surface area (Å²) in [4.78, 5) is 0. The molecular weight excluding hydrogens is 412 g/mol. The van der Waals surface area contributed by atoms with Crippen molar-refractivity contribution >= 4 is 10.0 Å². The van der Waals surface area contributed by atoms with E-state index in [4.69, 9.17) is 14.7 Å². The van der Waals surface area contributed by atoms with Crippen molar-refractivity contribution in [1.82, 2.24) is 4.31 Å². The van der Waals surface area contributed by atoms with Gasteiger partial charge < -0.3 is 9.47 Å². The number of nitriles is 1. The van der Waals surface area contributed by atoms with Gasteiger partial charge in [-0.25, -0.2) is 8.42 Å². The minimum atomic E-state index is -3.66. The van der Waals surface area contributed by atoms with E-state index in [1.165, 1.54) is 4.31 Å². The summed E-state index contributed by atoms with van der Waals surface area (Å²) in [7, 11) is -0.479. The highest BCUT2D eigenvalue weighted by atomic mass is 32.2. The van der Waals surface area contributed by atoms with Gasteiger partial charge in [-0.2, -0.15) is 9.57 Å². The first kappa shape index (κ1) is 24.4. The van der Waals surface area contributed by atoms with Gasteiger partial charge in [-0.1, -0.05) is 30.3 Å². The molecule has 2 rings (SSSR count). The third-order valence-corrected chi connectivity index (χ3v) is 7.38. The highest BCUT2D eigenvalue weighted by molar-refractivity contribution is 7.89. The Balaban J connectivity index is 2.36. The molecule has 0 bridgehead atoms. The average molecular weight is 443 g/mol. The summed E-state index contributed by atoms with van der Waals surface area (Å²) in [5.74, 6) is 1.43. The predicted octanol–water partition coefficient (Wildman–Crippen LogP) is 4.67. The second-order valence-electron chi connectivity index (χ2n) is 7.19. The maximum Gasteiger partial charge on any atom is 0.217 e. The third-order valence-electron chi connectivity index (χ3n) is 5.09. The van der Waals surface area contributed by atoms with E-state index in [1.807, 2.05) is 48.5 Å². The Bertz CT molecular complexity index is 915. The van der Waals surface area contributed by atoms with Gasteiger partial charge in [0.25, 0.3) is 0 Å². The number of allylic oxidation sites excluding steroid dienone is 1. The second kappa shape index (κ2) is 12.1. The zero-order chi connectivity index (χ0) is 22.7. The minimum absolute atomic E-state index is 0.194. The first-order valence-electron chi connectivity index (χ1n) is 10.2. The van der Waals surface area contributed by atoms with Crippen molar-refractivity contribution in [3.05, 3.63) is 72.3 Å². The van der Waals surface area contributed by atoms with Crippen molar-refractivity contribution in [1.29, 1.82) is 5.26 Å². The molecule has 0 spiro atoms. The molecule has 31 heavy (non-hydrogen) atoms. The number of ether oxygens (including phenoxy) is 2. The summed E-state index contributed by atoms with van der Waals surface area (Å²) in [6.45, 7) is 4.17. The predicted molar refractivity (Wildman–Crippen MR) is 122 cm³/mol. The first-order chi connectivity index (χ1) is 14.9. The van der Waals surface area contributed by atoms with Crippen LogP contribution in [0.1, 0.15) is 36.8 Å². The Hall–Kier alpha value is -2.82. The zero-order valence-corrected chi connectivity index (χ0v) is 19.0. The summed E-state index contributed by atoms with van der Waals surface area (Å²) < 4.78 is 39.2. The van der Waals surface area contributed by atoms with Crippen LogP contribution in [0.2, 0.25) is 0 Å². The molecule has 0 aliphatic carbocycles. The molecule has 0 aliphatic heterocycles. The fourth-order valence-electron chi connectivity index (χ4n) is 3.29. The molecule has 7 heteroatoms. The number of methoxy groups -OCH3 is 2. The highest BCUT2D eigenvalue weighted by Gasteiger charge is 2.31.